The number of halogens is 1. The van der Waals surface area contributed by atoms with E-state index in [9.17, 15) is 9.59 Å². The second-order valence-corrected chi connectivity index (χ2v) is 8.96. The van der Waals surface area contributed by atoms with Gasteiger partial charge in [0, 0.05) is 23.0 Å². The molecule has 1 aliphatic rings. The van der Waals surface area contributed by atoms with E-state index in [0.717, 1.165) is 35.3 Å². The van der Waals surface area contributed by atoms with Crippen LogP contribution in [0.2, 0.25) is 5.02 Å². The molecule has 164 valence electrons. The molecular weight excluding hydrogens is 444 g/mol. The number of imide groups is 1. The average molecular weight is 467 g/mol. The van der Waals surface area contributed by atoms with E-state index in [1.165, 1.54) is 10.5 Å². The first kappa shape index (κ1) is 22.2. The summed E-state index contributed by atoms with van der Waals surface area (Å²) in [6.45, 7) is 5.26. The van der Waals surface area contributed by atoms with E-state index in [4.69, 9.17) is 16.3 Å². The van der Waals surface area contributed by atoms with Crippen molar-refractivity contribution in [2.75, 3.05) is 13.2 Å². The zero-order valence-corrected chi connectivity index (χ0v) is 19.4. The van der Waals surface area contributed by atoms with Crippen LogP contribution in [0.25, 0.3) is 6.08 Å². The SMILES string of the molecule is Cc1cc(/C=C2\SC(=O)N(CCOc3ccc(Cl)cc3)C2=O)c(C)n1Cc1ccccc1. The summed E-state index contributed by atoms with van der Waals surface area (Å²) in [7, 11) is 0. The van der Waals surface area contributed by atoms with Crippen molar-refractivity contribution in [2.24, 2.45) is 0 Å². The van der Waals surface area contributed by atoms with Gasteiger partial charge in [-0.3, -0.25) is 14.5 Å². The molecule has 1 saturated heterocycles. The molecule has 1 fully saturated rings. The number of nitrogens with zero attached hydrogens (tertiary/aromatic N) is 2. The van der Waals surface area contributed by atoms with Gasteiger partial charge in [0.05, 0.1) is 11.4 Å². The minimum absolute atomic E-state index is 0.192. The summed E-state index contributed by atoms with van der Waals surface area (Å²) in [4.78, 5) is 26.9. The number of aromatic nitrogens is 1. The van der Waals surface area contributed by atoms with Crippen LogP contribution in [0.4, 0.5) is 4.79 Å². The van der Waals surface area contributed by atoms with Gasteiger partial charge in [-0.1, -0.05) is 41.9 Å². The summed E-state index contributed by atoms with van der Waals surface area (Å²) in [5, 5.41) is 0.343. The third kappa shape index (κ3) is 4.92. The first-order valence-electron chi connectivity index (χ1n) is 10.3. The fraction of sp³-hybridized carbons (Fsp3) is 0.200. The van der Waals surface area contributed by atoms with Crippen LogP contribution in [0.3, 0.4) is 0 Å². The Morgan fingerprint density at radius 3 is 2.47 bits per heavy atom. The second kappa shape index (κ2) is 9.67. The van der Waals surface area contributed by atoms with Gasteiger partial charge in [0.2, 0.25) is 0 Å². The van der Waals surface area contributed by atoms with Gasteiger partial charge >= 0.3 is 0 Å². The molecule has 4 rings (SSSR count). The van der Waals surface area contributed by atoms with Crippen molar-refractivity contribution in [1.29, 1.82) is 0 Å². The van der Waals surface area contributed by atoms with Crippen LogP contribution in [0.15, 0.2) is 65.6 Å². The van der Waals surface area contributed by atoms with E-state index in [1.54, 1.807) is 24.3 Å². The number of carbonyl (C=O) groups is 2. The Hall–Kier alpha value is -2.96. The van der Waals surface area contributed by atoms with Gasteiger partial charge in [0.1, 0.15) is 12.4 Å². The Morgan fingerprint density at radius 2 is 1.75 bits per heavy atom. The Kier molecular flexibility index (Phi) is 6.72. The lowest BCUT2D eigenvalue weighted by molar-refractivity contribution is -0.123. The normalized spacial score (nSPS) is 15.1. The molecular formula is C25H23ClN2O3S. The first-order chi connectivity index (χ1) is 15.4. The lowest BCUT2D eigenvalue weighted by atomic mass is 10.2. The molecule has 3 aromatic rings. The smallest absolute Gasteiger partial charge is 0.293 e. The minimum atomic E-state index is -0.285. The molecule has 0 unspecified atom stereocenters. The zero-order valence-electron chi connectivity index (χ0n) is 17.9. The van der Waals surface area contributed by atoms with Gasteiger partial charge in [0.25, 0.3) is 11.1 Å². The number of aryl methyl sites for hydroxylation is 1. The Labute approximate surface area is 196 Å². The summed E-state index contributed by atoms with van der Waals surface area (Å²) in [5.41, 5.74) is 4.32. The van der Waals surface area contributed by atoms with Crippen molar-refractivity contribution in [2.45, 2.75) is 20.4 Å². The van der Waals surface area contributed by atoms with Gasteiger partial charge in [-0.15, -0.1) is 0 Å². The van der Waals surface area contributed by atoms with Crippen LogP contribution < -0.4 is 4.74 Å². The average Bonchev–Trinajstić information content (AvgIpc) is 3.20. The number of carbonyl (C=O) groups excluding carboxylic acids is 2. The number of rotatable bonds is 7. The fourth-order valence-corrected chi connectivity index (χ4v) is 4.58. The molecule has 1 aromatic heterocycles. The lowest BCUT2D eigenvalue weighted by Crippen LogP contribution is -2.32. The van der Waals surface area contributed by atoms with Crippen molar-refractivity contribution in [3.05, 3.63) is 93.1 Å². The van der Waals surface area contributed by atoms with Gasteiger partial charge in [-0.25, -0.2) is 0 Å². The molecule has 2 heterocycles. The maximum absolute atomic E-state index is 12.8. The topological polar surface area (TPSA) is 51.5 Å². The predicted molar refractivity (Wildman–Crippen MR) is 129 cm³/mol. The van der Waals surface area contributed by atoms with E-state index >= 15 is 0 Å². The van der Waals surface area contributed by atoms with Crippen molar-refractivity contribution in [3.8, 4) is 5.75 Å². The molecule has 0 saturated carbocycles. The van der Waals surface area contributed by atoms with Crippen LogP contribution in [0, 0.1) is 13.8 Å². The van der Waals surface area contributed by atoms with E-state index in [0.29, 0.717) is 15.7 Å². The van der Waals surface area contributed by atoms with E-state index in [1.807, 2.05) is 38.1 Å². The molecule has 2 aromatic carbocycles. The monoisotopic (exact) mass is 466 g/mol. The molecule has 0 spiro atoms. The maximum Gasteiger partial charge on any atom is 0.293 e. The highest BCUT2D eigenvalue weighted by molar-refractivity contribution is 8.18. The Bertz CT molecular complexity index is 1170. The Balaban J connectivity index is 1.44. The van der Waals surface area contributed by atoms with Crippen molar-refractivity contribution < 1.29 is 14.3 Å². The highest BCUT2D eigenvalue weighted by atomic mass is 35.5. The standard InChI is InChI=1S/C25H23ClN2O3S/c1-17-14-20(18(2)28(17)16-19-6-4-3-5-7-19)15-23-24(29)27(25(30)32-23)12-13-31-22-10-8-21(26)9-11-22/h3-11,14-15H,12-13,16H2,1-2H3/b23-15-. The molecule has 1 aliphatic heterocycles. The largest absolute Gasteiger partial charge is 0.492 e. The molecule has 0 atom stereocenters. The summed E-state index contributed by atoms with van der Waals surface area (Å²) in [5.74, 6) is 0.357. The number of benzene rings is 2. The van der Waals surface area contributed by atoms with Crippen LogP contribution in [0.5, 0.6) is 5.75 Å². The molecule has 7 heteroatoms. The van der Waals surface area contributed by atoms with Gasteiger partial charge in [-0.05, 0) is 73.1 Å². The maximum atomic E-state index is 12.8. The first-order valence-corrected chi connectivity index (χ1v) is 11.5. The number of hydrogen-bond donors (Lipinski definition) is 0. The summed E-state index contributed by atoms with van der Waals surface area (Å²) >= 11 is 6.84. The summed E-state index contributed by atoms with van der Waals surface area (Å²) in [6, 6.07) is 19.3. The van der Waals surface area contributed by atoms with Crippen molar-refractivity contribution in [3.63, 3.8) is 0 Å². The van der Waals surface area contributed by atoms with Gasteiger partial charge in [0.15, 0.2) is 0 Å². The van der Waals surface area contributed by atoms with Crippen molar-refractivity contribution in [1.82, 2.24) is 9.47 Å². The highest BCUT2D eigenvalue weighted by Gasteiger charge is 2.35. The zero-order chi connectivity index (χ0) is 22.7. The van der Waals surface area contributed by atoms with Crippen LogP contribution in [0.1, 0.15) is 22.5 Å². The number of thioether (sulfide) groups is 1. The highest BCUT2D eigenvalue weighted by Crippen LogP contribution is 2.33. The Morgan fingerprint density at radius 1 is 1.03 bits per heavy atom. The molecule has 2 amide bonds. The molecule has 5 nitrogen and oxygen atoms in total. The van der Waals surface area contributed by atoms with Crippen LogP contribution >= 0.6 is 23.4 Å². The number of ether oxygens (including phenoxy) is 1. The lowest BCUT2D eigenvalue weighted by Gasteiger charge is -2.13. The summed E-state index contributed by atoms with van der Waals surface area (Å²) < 4.78 is 7.84. The predicted octanol–water partition coefficient (Wildman–Crippen LogP) is 5.92. The van der Waals surface area contributed by atoms with Crippen LogP contribution in [-0.4, -0.2) is 33.8 Å². The molecule has 0 aliphatic carbocycles. The quantitative estimate of drug-likeness (QED) is 0.405. The molecule has 0 N–H and O–H groups in total. The number of amides is 2. The van der Waals surface area contributed by atoms with E-state index < -0.39 is 0 Å². The molecule has 0 bridgehead atoms. The van der Waals surface area contributed by atoms with Crippen LogP contribution in [-0.2, 0) is 11.3 Å². The van der Waals surface area contributed by atoms with E-state index in [-0.39, 0.29) is 24.3 Å². The molecule has 32 heavy (non-hydrogen) atoms. The summed E-state index contributed by atoms with van der Waals surface area (Å²) in [6.07, 6.45) is 1.81. The second-order valence-electron chi connectivity index (χ2n) is 7.53. The number of hydrogen-bond acceptors (Lipinski definition) is 4. The third-order valence-corrected chi connectivity index (χ3v) is 6.51. The third-order valence-electron chi connectivity index (χ3n) is 5.35. The van der Waals surface area contributed by atoms with Gasteiger partial charge < -0.3 is 9.30 Å². The fourth-order valence-electron chi connectivity index (χ4n) is 3.60. The van der Waals surface area contributed by atoms with E-state index in [2.05, 4.69) is 22.8 Å². The molecule has 0 radical (unpaired) electrons. The van der Waals surface area contributed by atoms with Crippen molar-refractivity contribution >= 4 is 40.6 Å². The van der Waals surface area contributed by atoms with Gasteiger partial charge in [-0.2, -0.15) is 0 Å². The minimum Gasteiger partial charge on any atom is -0.492 e.